The second-order valence-corrected chi connectivity index (χ2v) is 5.76. The van der Waals surface area contributed by atoms with Crippen molar-refractivity contribution >= 4 is 19.7 Å². The lowest BCUT2D eigenvalue weighted by molar-refractivity contribution is 0.398. The van der Waals surface area contributed by atoms with E-state index in [2.05, 4.69) is 5.16 Å². The van der Waals surface area contributed by atoms with Crippen LogP contribution in [-0.4, -0.2) is 13.6 Å². The molecule has 6 heteroatoms. The monoisotopic (exact) mass is 257 g/mol. The molecule has 1 aromatic heterocycles. The Bertz CT molecular complexity index is 618. The van der Waals surface area contributed by atoms with Gasteiger partial charge in [-0.1, -0.05) is 23.4 Å². The van der Waals surface area contributed by atoms with Gasteiger partial charge in [-0.25, -0.2) is 8.42 Å². The fourth-order valence-electron chi connectivity index (χ4n) is 1.46. The molecule has 0 amide bonds. The molecule has 2 aromatic rings. The molecule has 0 bridgehead atoms. The van der Waals surface area contributed by atoms with Gasteiger partial charge in [-0.2, -0.15) is 0 Å². The minimum atomic E-state index is -3.77. The van der Waals surface area contributed by atoms with Gasteiger partial charge < -0.3 is 4.52 Å². The van der Waals surface area contributed by atoms with Crippen molar-refractivity contribution in [1.82, 2.24) is 5.16 Å². The topological polar surface area (TPSA) is 60.2 Å². The highest BCUT2D eigenvalue weighted by Crippen LogP contribution is 2.31. The van der Waals surface area contributed by atoms with E-state index in [9.17, 15) is 8.42 Å². The number of rotatable bonds is 2. The number of benzene rings is 1. The van der Waals surface area contributed by atoms with Gasteiger partial charge >= 0.3 is 0 Å². The quantitative estimate of drug-likeness (QED) is 0.776. The number of hydrogen-bond donors (Lipinski definition) is 0. The van der Waals surface area contributed by atoms with Crippen LogP contribution in [0.5, 0.6) is 0 Å². The zero-order valence-corrected chi connectivity index (χ0v) is 9.92. The smallest absolute Gasteiger partial charge is 0.261 e. The predicted molar refractivity (Wildman–Crippen MR) is 59.7 cm³/mol. The first-order chi connectivity index (χ1) is 7.50. The molecule has 1 heterocycles. The van der Waals surface area contributed by atoms with Crippen LogP contribution in [0.1, 0.15) is 5.76 Å². The number of hydrogen-bond acceptors (Lipinski definition) is 4. The van der Waals surface area contributed by atoms with Crippen LogP contribution in [0.25, 0.3) is 11.1 Å². The Labute approximate surface area is 97.3 Å². The highest BCUT2D eigenvalue weighted by molar-refractivity contribution is 8.13. The third-order valence-electron chi connectivity index (χ3n) is 2.19. The molecule has 0 radical (unpaired) electrons. The highest BCUT2D eigenvalue weighted by Gasteiger charge is 2.18. The number of aryl methyl sites for hydroxylation is 1. The van der Waals surface area contributed by atoms with E-state index in [1.165, 1.54) is 12.3 Å². The Hall–Kier alpha value is -1.33. The first kappa shape index (κ1) is 11.2. The lowest BCUT2D eigenvalue weighted by Gasteiger charge is -2.04. The molecule has 0 aliphatic heterocycles. The van der Waals surface area contributed by atoms with Crippen LogP contribution in [0.3, 0.4) is 0 Å². The van der Waals surface area contributed by atoms with Gasteiger partial charge in [0.05, 0.1) is 11.1 Å². The predicted octanol–water partition coefficient (Wildman–Crippen LogP) is 2.58. The number of aromatic nitrogens is 1. The average molecular weight is 258 g/mol. The van der Waals surface area contributed by atoms with E-state index in [-0.39, 0.29) is 4.90 Å². The van der Waals surface area contributed by atoms with Crippen molar-refractivity contribution in [2.75, 3.05) is 0 Å². The summed E-state index contributed by atoms with van der Waals surface area (Å²) in [6.45, 7) is 1.71. The summed E-state index contributed by atoms with van der Waals surface area (Å²) in [7, 11) is 1.58. The summed E-state index contributed by atoms with van der Waals surface area (Å²) in [6, 6.07) is 6.45. The largest absolute Gasteiger partial charge is 0.361 e. The first-order valence-corrected chi connectivity index (χ1v) is 6.76. The molecule has 0 fully saturated rings. The minimum absolute atomic E-state index is 0.0583. The van der Waals surface area contributed by atoms with E-state index in [4.69, 9.17) is 15.2 Å². The zero-order chi connectivity index (χ0) is 11.8. The summed E-state index contributed by atoms with van der Waals surface area (Å²) in [5, 5.41) is 3.61. The summed E-state index contributed by atoms with van der Waals surface area (Å²) in [4.78, 5) is 0.0583. The van der Waals surface area contributed by atoms with Crippen molar-refractivity contribution in [3.63, 3.8) is 0 Å². The van der Waals surface area contributed by atoms with Gasteiger partial charge in [-0.05, 0) is 13.0 Å². The second kappa shape index (κ2) is 3.92. The normalized spacial score (nSPS) is 11.6. The Kier molecular flexibility index (Phi) is 2.73. The highest BCUT2D eigenvalue weighted by atomic mass is 35.7. The van der Waals surface area contributed by atoms with Crippen molar-refractivity contribution in [2.45, 2.75) is 11.8 Å². The molecule has 0 spiro atoms. The minimum Gasteiger partial charge on any atom is -0.361 e. The van der Waals surface area contributed by atoms with Crippen LogP contribution in [0.15, 0.2) is 39.9 Å². The van der Waals surface area contributed by atoms with Crippen molar-refractivity contribution in [2.24, 2.45) is 0 Å². The third-order valence-corrected chi connectivity index (χ3v) is 3.57. The van der Waals surface area contributed by atoms with Crippen LogP contribution >= 0.6 is 10.7 Å². The Morgan fingerprint density at radius 1 is 1.25 bits per heavy atom. The first-order valence-electron chi connectivity index (χ1n) is 4.45. The molecule has 0 saturated heterocycles. The van der Waals surface area contributed by atoms with Gasteiger partial charge in [0.15, 0.2) is 0 Å². The molecule has 0 unspecified atom stereocenters. The van der Waals surface area contributed by atoms with Gasteiger partial charge in [0.25, 0.3) is 9.05 Å². The van der Waals surface area contributed by atoms with Crippen molar-refractivity contribution < 1.29 is 12.9 Å². The Morgan fingerprint density at radius 3 is 2.50 bits per heavy atom. The van der Waals surface area contributed by atoms with Crippen LogP contribution in [0, 0.1) is 6.92 Å². The fourth-order valence-corrected chi connectivity index (χ4v) is 2.54. The van der Waals surface area contributed by atoms with Crippen LogP contribution in [0.4, 0.5) is 0 Å². The third kappa shape index (κ3) is 1.96. The summed E-state index contributed by atoms with van der Waals surface area (Å²) in [5.41, 5.74) is 1.12. The molecular formula is C10H8ClNO3S. The maximum absolute atomic E-state index is 11.4. The molecule has 1 aromatic carbocycles. The molecule has 0 N–H and O–H groups in total. The van der Waals surface area contributed by atoms with E-state index >= 15 is 0 Å². The van der Waals surface area contributed by atoms with Crippen LogP contribution in [-0.2, 0) is 9.05 Å². The second-order valence-electron chi connectivity index (χ2n) is 3.23. The number of halogens is 1. The van der Waals surface area contributed by atoms with E-state index in [0.717, 1.165) is 0 Å². The fraction of sp³-hybridized carbons (Fsp3) is 0.100. The van der Waals surface area contributed by atoms with Crippen molar-refractivity contribution in [1.29, 1.82) is 0 Å². The van der Waals surface area contributed by atoms with Gasteiger partial charge in [-0.3, -0.25) is 0 Å². The molecule has 16 heavy (non-hydrogen) atoms. The lowest BCUT2D eigenvalue weighted by Crippen LogP contribution is -1.94. The Morgan fingerprint density at radius 2 is 1.94 bits per heavy atom. The maximum Gasteiger partial charge on any atom is 0.261 e. The molecule has 2 rings (SSSR count). The van der Waals surface area contributed by atoms with Gasteiger partial charge in [-0.15, -0.1) is 0 Å². The Balaban J connectivity index is 2.72. The lowest BCUT2D eigenvalue weighted by atomic mass is 10.1. The summed E-state index contributed by atoms with van der Waals surface area (Å²) in [6.07, 6.45) is 1.47. The summed E-state index contributed by atoms with van der Waals surface area (Å²) in [5.74, 6) is 0.549. The molecule has 0 saturated carbocycles. The molecular weight excluding hydrogens is 250 g/mol. The van der Waals surface area contributed by atoms with E-state index in [1.807, 2.05) is 0 Å². The van der Waals surface area contributed by atoms with E-state index < -0.39 is 9.05 Å². The van der Waals surface area contributed by atoms with Crippen molar-refractivity contribution in [3.8, 4) is 11.1 Å². The molecule has 0 aliphatic rings. The van der Waals surface area contributed by atoms with Crippen molar-refractivity contribution in [3.05, 3.63) is 36.2 Å². The molecule has 0 atom stereocenters. The molecule has 0 aliphatic carbocycles. The molecule has 4 nitrogen and oxygen atoms in total. The van der Waals surface area contributed by atoms with E-state index in [1.54, 1.807) is 25.1 Å². The maximum atomic E-state index is 11.4. The zero-order valence-electron chi connectivity index (χ0n) is 8.34. The standard InChI is InChI=1S/C10H8ClNO3S/c1-7-9(6-12-15-7)8-4-2-3-5-10(8)16(11,13)14/h2-6H,1H3. The van der Waals surface area contributed by atoms with Crippen LogP contribution in [0.2, 0.25) is 0 Å². The van der Waals surface area contributed by atoms with Gasteiger partial charge in [0.1, 0.15) is 5.76 Å². The average Bonchev–Trinajstić information content (AvgIpc) is 2.63. The van der Waals surface area contributed by atoms with Crippen LogP contribution < -0.4 is 0 Å². The van der Waals surface area contributed by atoms with E-state index in [0.29, 0.717) is 16.9 Å². The van der Waals surface area contributed by atoms with Gasteiger partial charge in [0, 0.05) is 21.8 Å². The summed E-state index contributed by atoms with van der Waals surface area (Å²) >= 11 is 0. The number of nitrogens with zero attached hydrogens (tertiary/aromatic N) is 1. The van der Waals surface area contributed by atoms with Gasteiger partial charge in [0.2, 0.25) is 0 Å². The SMILES string of the molecule is Cc1oncc1-c1ccccc1S(=O)(=O)Cl. The summed E-state index contributed by atoms with van der Waals surface area (Å²) < 4.78 is 27.6. The molecule has 84 valence electrons.